The molecule has 78 valence electrons. The van der Waals surface area contributed by atoms with Crippen LogP contribution in [0.5, 0.6) is 0 Å². The quantitative estimate of drug-likeness (QED) is 0.481. The molecule has 0 spiro atoms. The summed E-state index contributed by atoms with van der Waals surface area (Å²) >= 11 is 7.39. The smallest absolute Gasteiger partial charge is 0.132 e. The Labute approximate surface area is 93.0 Å². The number of hydrogen-bond donors (Lipinski definition) is 1. The highest BCUT2D eigenvalue weighted by atomic mass is 35.5. The number of thioether (sulfide) groups is 1. The summed E-state index contributed by atoms with van der Waals surface area (Å²) in [5.74, 6) is 0.959. The zero-order valence-corrected chi connectivity index (χ0v) is 9.57. The summed E-state index contributed by atoms with van der Waals surface area (Å²) in [4.78, 5) is 4.14. The Bertz CT molecular complexity index is 276. The van der Waals surface area contributed by atoms with Gasteiger partial charge in [-0.25, -0.2) is 4.98 Å². The zero-order chi connectivity index (χ0) is 10.4. The molecule has 0 atom stereocenters. The molecule has 1 rings (SSSR count). The standard InChI is InChI=1S/C9H13ClN2OS/c1-13-3-2-4-14-9-6-7(11)5-8(10)12-9/h5-6H,2-4H2,1H3,(H2,11,12). The fourth-order valence-corrected chi connectivity index (χ4v) is 2.07. The number of nitrogens with two attached hydrogens (primary N) is 1. The lowest BCUT2D eigenvalue weighted by molar-refractivity contribution is 0.200. The SMILES string of the molecule is COCCCSc1cc(N)cc(Cl)n1. The van der Waals surface area contributed by atoms with Crippen molar-refractivity contribution in [3.8, 4) is 0 Å². The van der Waals surface area contributed by atoms with Gasteiger partial charge in [0.1, 0.15) is 5.15 Å². The normalized spacial score (nSPS) is 10.4. The van der Waals surface area contributed by atoms with Crippen molar-refractivity contribution < 1.29 is 4.74 Å². The number of anilines is 1. The number of ether oxygens (including phenoxy) is 1. The molecule has 1 aromatic heterocycles. The Morgan fingerprint density at radius 2 is 2.36 bits per heavy atom. The van der Waals surface area contributed by atoms with Crippen molar-refractivity contribution >= 4 is 29.1 Å². The van der Waals surface area contributed by atoms with Crippen molar-refractivity contribution in [1.29, 1.82) is 0 Å². The molecule has 1 aromatic rings. The summed E-state index contributed by atoms with van der Waals surface area (Å²) in [7, 11) is 1.69. The molecule has 0 aliphatic heterocycles. The number of halogens is 1. The van der Waals surface area contributed by atoms with Gasteiger partial charge in [0.15, 0.2) is 0 Å². The summed E-state index contributed by atoms with van der Waals surface area (Å²) in [6.45, 7) is 0.767. The van der Waals surface area contributed by atoms with Crippen LogP contribution in [0.3, 0.4) is 0 Å². The summed E-state index contributed by atoms with van der Waals surface area (Å²) in [6.07, 6.45) is 0.995. The molecule has 0 radical (unpaired) electrons. The van der Waals surface area contributed by atoms with Crippen molar-refractivity contribution in [2.75, 3.05) is 25.2 Å². The second-order valence-electron chi connectivity index (χ2n) is 2.76. The predicted octanol–water partition coefficient (Wildman–Crippen LogP) is 2.45. The Morgan fingerprint density at radius 1 is 1.57 bits per heavy atom. The topological polar surface area (TPSA) is 48.1 Å². The van der Waals surface area contributed by atoms with Crippen LogP contribution < -0.4 is 5.73 Å². The number of rotatable bonds is 5. The molecule has 0 fully saturated rings. The summed E-state index contributed by atoms with van der Waals surface area (Å²) in [5.41, 5.74) is 6.28. The lowest BCUT2D eigenvalue weighted by Gasteiger charge is -2.02. The van der Waals surface area contributed by atoms with Gasteiger partial charge in [-0.05, 0) is 18.6 Å². The minimum atomic E-state index is 0.444. The third-order valence-corrected chi connectivity index (χ3v) is 2.73. The van der Waals surface area contributed by atoms with Crippen molar-refractivity contribution in [3.05, 3.63) is 17.3 Å². The number of aromatic nitrogens is 1. The molecular weight excluding hydrogens is 220 g/mol. The molecule has 2 N–H and O–H groups in total. The predicted molar refractivity (Wildman–Crippen MR) is 60.9 cm³/mol. The van der Waals surface area contributed by atoms with Gasteiger partial charge in [-0.2, -0.15) is 0 Å². The second kappa shape index (κ2) is 6.11. The van der Waals surface area contributed by atoms with E-state index < -0.39 is 0 Å². The van der Waals surface area contributed by atoms with E-state index in [1.165, 1.54) is 0 Å². The third kappa shape index (κ3) is 4.17. The van der Waals surface area contributed by atoms with Gasteiger partial charge in [0.25, 0.3) is 0 Å². The van der Waals surface area contributed by atoms with Crippen LogP contribution in [-0.4, -0.2) is 24.5 Å². The molecule has 0 aromatic carbocycles. The summed E-state index contributed by atoms with van der Waals surface area (Å²) in [5, 5.41) is 1.31. The highest BCUT2D eigenvalue weighted by Gasteiger charge is 1.99. The van der Waals surface area contributed by atoms with Gasteiger partial charge in [-0.15, -0.1) is 11.8 Å². The molecule has 0 aliphatic rings. The first-order valence-corrected chi connectivity index (χ1v) is 5.63. The van der Waals surface area contributed by atoms with Crippen LogP contribution in [0, 0.1) is 0 Å². The third-order valence-electron chi connectivity index (χ3n) is 1.54. The van der Waals surface area contributed by atoms with Crippen molar-refractivity contribution in [2.24, 2.45) is 0 Å². The average Bonchev–Trinajstić information content (AvgIpc) is 2.11. The molecule has 3 nitrogen and oxygen atoms in total. The van der Waals surface area contributed by atoms with Crippen LogP contribution in [0.2, 0.25) is 5.15 Å². The Balaban J connectivity index is 2.42. The monoisotopic (exact) mass is 232 g/mol. The van der Waals surface area contributed by atoms with E-state index in [1.807, 2.05) is 6.07 Å². The summed E-state index contributed by atoms with van der Waals surface area (Å²) in [6, 6.07) is 3.46. The first kappa shape index (κ1) is 11.6. The van der Waals surface area contributed by atoms with E-state index in [2.05, 4.69) is 4.98 Å². The van der Waals surface area contributed by atoms with Crippen LogP contribution in [0.25, 0.3) is 0 Å². The molecule has 0 unspecified atom stereocenters. The molecular formula is C9H13ClN2OS. The molecule has 0 amide bonds. The molecule has 0 saturated carbocycles. The van der Waals surface area contributed by atoms with Gasteiger partial charge < -0.3 is 10.5 Å². The maximum Gasteiger partial charge on any atom is 0.132 e. The van der Waals surface area contributed by atoms with Crippen molar-refractivity contribution in [3.63, 3.8) is 0 Å². The molecule has 1 heterocycles. The summed E-state index contributed by atoms with van der Waals surface area (Å²) < 4.78 is 4.94. The number of methoxy groups -OCH3 is 1. The fraction of sp³-hybridized carbons (Fsp3) is 0.444. The lowest BCUT2D eigenvalue weighted by atomic mass is 10.4. The molecule has 14 heavy (non-hydrogen) atoms. The van der Waals surface area contributed by atoms with E-state index in [-0.39, 0.29) is 0 Å². The van der Waals surface area contributed by atoms with E-state index >= 15 is 0 Å². The van der Waals surface area contributed by atoms with Crippen LogP contribution in [0.4, 0.5) is 5.69 Å². The Hall–Kier alpha value is -0.450. The van der Waals surface area contributed by atoms with E-state index in [9.17, 15) is 0 Å². The van der Waals surface area contributed by atoms with E-state index in [1.54, 1.807) is 24.9 Å². The van der Waals surface area contributed by atoms with Gasteiger partial charge in [0.2, 0.25) is 0 Å². The minimum absolute atomic E-state index is 0.444. The maximum absolute atomic E-state index is 5.76. The lowest BCUT2D eigenvalue weighted by Crippen LogP contribution is -1.92. The number of nitrogen functional groups attached to an aromatic ring is 1. The fourth-order valence-electron chi connectivity index (χ4n) is 0.946. The zero-order valence-electron chi connectivity index (χ0n) is 8.00. The number of nitrogens with zero attached hydrogens (tertiary/aromatic N) is 1. The van der Waals surface area contributed by atoms with Gasteiger partial charge in [0.05, 0.1) is 5.03 Å². The molecule has 0 saturated heterocycles. The highest BCUT2D eigenvalue weighted by molar-refractivity contribution is 7.99. The molecule has 0 bridgehead atoms. The van der Waals surface area contributed by atoms with Crippen LogP contribution in [-0.2, 0) is 4.74 Å². The minimum Gasteiger partial charge on any atom is -0.399 e. The van der Waals surface area contributed by atoms with Crippen LogP contribution >= 0.6 is 23.4 Å². The van der Waals surface area contributed by atoms with Crippen LogP contribution in [0.15, 0.2) is 17.2 Å². The Kier molecular flexibility index (Phi) is 5.07. The number of hydrogen-bond acceptors (Lipinski definition) is 4. The molecule has 5 heteroatoms. The van der Waals surface area contributed by atoms with Gasteiger partial charge >= 0.3 is 0 Å². The van der Waals surface area contributed by atoms with Crippen molar-refractivity contribution in [1.82, 2.24) is 4.98 Å². The van der Waals surface area contributed by atoms with E-state index in [0.717, 1.165) is 23.8 Å². The Morgan fingerprint density at radius 3 is 3.00 bits per heavy atom. The van der Waals surface area contributed by atoms with Gasteiger partial charge in [0, 0.05) is 25.2 Å². The van der Waals surface area contributed by atoms with Gasteiger partial charge in [-0.3, -0.25) is 0 Å². The van der Waals surface area contributed by atoms with Gasteiger partial charge in [-0.1, -0.05) is 11.6 Å². The second-order valence-corrected chi connectivity index (χ2v) is 4.26. The largest absolute Gasteiger partial charge is 0.399 e. The number of pyridine rings is 1. The van der Waals surface area contributed by atoms with Crippen LogP contribution in [0.1, 0.15) is 6.42 Å². The first-order valence-electron chi connectivity index (χ1n) is 4.27. The highest BCUT2D eigenvalue weighted by Crippen LogP contribution is 2.21. The van der Waals surface area contributed by atoms with Crippen molar-refractivity contribution in [2.45, 2.75) is 11.4 Å². The first-order chi connectivity index (χ1) is 6.72. The van der Waals surface area contributed by atoms with E-state index in [4.69, 9.17) is 22.1 Å². The average molecular weight is 233 g/mol. The van der Waals surface area contributed by atoms with E-state index in [0.29, 0.717) is 10.8 Å². The maximum atomic E-state index is 5.76. The molecule has 0 aliphatic carbocycles.